The second kappa shape index (κ2) is 10.7. The fraction of sp³-hybridized carbons (Fsp3) is 0.276. The number of ether oxygens (including phenoxy) is 1. The number of urea groups is 1. The third kappa shape index (κ3) is 5.72. The van der Waals surface area contributed by atoms with E-state index in [0.717, 1.165) is 28.8 Å². The number of Topliss-reactive ketones (excluding diaryl/α,β-unsaturated/α-hetero) is 1. The first-order chi connectivity index (χ1) is 18.0. The summed E-state index contributed by atoms with van der Waals surface area (Å²) in [5, 5.41) is 5.01. The number of esters is 1. The lowest BCUT2D eigenvalue weighted by atomic mass is 9.67. The molecule has 38 heavy (non-hydrogen) atoms. The minimum atomic E-state index is -4.50. The van der Waals surface area contributed by atoms with Gasteiger partial charge in [0.15, 0.2) is 5.78 Å². The van der Waals surface area contributed by atoms with Gasteiger partial charge in [-0.2, -0.15) is 13.2 Å². The average Bonchev–Trinajstić information content (AvgIpc) is 2.90. The number of fused-ring (bicyclic) bond motifs is 1. The zero-order valence-electron chi connectivity index (χ0n) is 20.9. The van der Waals surface area contributed by atoms with Gasteiger partial charge in [0, 0.05) is 22.4 Å². The van der Waals surface area contributed by atoms with Crippen molar-refractivity contribution >= 4 is 29.2 Å². The zero-order chi connectivity index (χ0) is 27.5. The summed E-state index contributed by atoms with van der Waals surface area (Å²) in [6.45, 7) is 1.91. The van der Waals surface area contributed by atoms with Crippen LogP contribution in [0.4, 0.5) is 29.3 Å². The van der Waals surface area contributed by atoms with E-state index in [2.05, 4.69) is 10.6 Å². The Kier molecular flexibility index (Phi) is 7.57. The van der Waals surface area contributed by atoms with E-state index in [1.807, 2.05) is 19.1 Å². The van der Waals surface area contributed by atoms with E-state index in [4.69, 9.17) is 4.74 Å². The minimum Gasteiger partial charge on any atom is -0.469 e. The average molecular weight is 525 g/mol. The number of benzene rings is 3. The molecule has 0 fully saturated rings. The molecule has 1 aliphatic carbocycles. The van der Waals surface area contributed by atoms with Crippen molar-refractivity contribution in [3.63, 3.8) is 0 Å². The number of carbonyl (C=O) groups is 3. The molecule has 9 heteroatoms. The van der Waals surface area contributed by atoms with Crippen molar-refractivity contribution in [1.29, 1.82) is 0 Å². The first-order valence-corrected chi connectivity index (χ1v) is 12.1. The molecule has 0 spiro atoms. The predicted molar refractivity (Wildman–Crippen MR) is 138 cm³/mol. The third-order valence-corrected chi connectivity index (χ3v) is 7.02. The van der Waals surface area contributed by atoms with Gasteiger partial charge >= 0.3 is 18.2 Å². The maximum Gasteiger partial charge on any atom is 0.416 e. The van der Waals surface area contributed by atoms with Gasteiger partial charge in [-0.1, -0.05) is 43.3 Å². The summed E-state index contributed by atoms with van der Waals surface area (Å²) < 4.78 is 43.5. The molecule has 3 aromatic carbocycles. The molecule has 0 bridgehead atoms. The molecule has 2 amide bonds. The zero-order valence-corrected chi connectivity index (χ0v) is 20.9. The van der Waals surface area contributed by atoms with Gasteiger partial charge in [0.1, 0.15) is 0 Å². The normalized spacial score (nSPS) is 16.9. The molecule has 6 nitrogen and oxygen atoms in total. The van der Waals surface area contributed by atoms with Crippen LogP contribution in [-0.4, -0.2) is 24.9 Å². The first kappa shape index (κ1) is 26.9. The van der Waals surface area contributed by atoms with E-state index < -0.39 is 29.2 Å². The highest BCUT2D eigenvalue weighted by molar-refractivity contribution is 6.05. The second-order valence-corrected chi connectivity index (χ2v) is 9.32. The van der Waals surface area contributed by atoms with E-state index in [0.29, 0.717) is 30.5 Å². The number of hydrogen-bond donors (Lipinski definition) is 2. The molecule has 0 saturated carbocycles. The number of rotatable bonds is 6. The van der Waals surface area contributed by atoms with Crippen LogP contribution >= 0.6 is 0 Å². The number of aryl methyl sites for hydroxylation is 1. The molecule has 1 atom stereocenters. The van der Waals surface area contributed by atoms with Gasteiger partial charge in [-0.25, -0.2) is 4.79 Å². The van der Waals surface area contributed by atoms with Crippen LogP contribution in [0.3, 0.4) is 0 Å². The van der Waals surface area contributed by atoms with Crippen molar-refractivity contribution in [2.24, 2.45) is 5.41 Å². The largest absolute Gasteiger partial charge is 0.469 e. The monoisotopic (exact) mass is 524 g/mol. The molecule has 0 aliphatic heterocycles. The van der Waals surface area contributed by atoms with Crippen LogP contribution < -0.4 is 10.6 Å². The van der Waals surface area contributed by atoms with E-state index in [1.165, 1.54) is 19.2 Å². The van der Waals surface area contributed by atoms with Gasteiger partial charge < -0.3 is 15.4 Å². The Morgan fingerprint density at radius 2 is 1.63 bits per heavy atom. The van der Waals surface area contributed by atoms with Gasteiger partial charge in [-0.05, 0) is 66.3 Å². The highest BCUT2D eigenvalue weighted by atomic mass is 19.4. The Labute approximate surface area is 218 Å². The maximum atomic E-state index is 13.3. The highest BCUT2D eigenvalue weighted by Gasteiger charge is 2.43. The summed E-state index contributed by atoms with van der Waals surface area (Å²) in [7, 11) is 1.32. The SMILES string of the molecule is CCC1(CC(=O)OC)CCc2cc(-c3ccc(NC(=O)Nc4cccc(C(F)(F)F)c4)cc3)ccc2C1=O. The minimum absolute atomic E-state index is 0.0243. The second-order valence-electron chi connectivity index (χ2n) is 9.32. The Bertz CT molecular complexity index is 1370. The number of halogens is 3. The molecule has 0 heterocycles. The lowest BCUT2D eigenvalue weighted by molar-refractivity contribution is -0.143. The van der Waals surface area contributed by atoms with Crippen LogP contribution in [0.1, 0.15) is 47.7 Å². The Balaban J connectivity index is 1.45. The summed E-state index contributed by atoms with van der Waals surface area (Å²) in [5.74, 6) is -0.429. The van der Waals surface area contributed by atoms with Crippen LogP contribution in [-0.2, 0) is 22.1 Å². The fourth-order valence-electron chi connectivity index (χ4n) is 4.77. The topological polar surface area (TPSA) is 84.5 Å². The number of carbonyl (C=O) groups excluding carboxylic acids is 3. The van der Waals surface area contributed by atoms with Crippen molar-refractivity contribution in [3.05, 3.63) is 83.4 Å². The molecular formula is C29H27F3N2O4. The van der Waals surface area contributed by atoms with Crippen LogP contribution in [0.15, 0.2) is 66.7 Å². The van der Waals surface area contributed by atoms with Crippen LogP contribution in [0, 0.1) is 5.41 Å². The van der Waals surface area contributed by atoms with Gasteiger partial charge in [0.25, 0.3) is 0 Å². The van der Waals surface area contributed by atoms with Gasteiger partial charge in [-0.3, -0.25) is 9.59 Å². The Hall–Kier alpha value is -4.14. The quantitative estimate of drug-likeness (QED) is 0.337. The standard InChI is InChI=1S/C29H27F3N2O4/c1-3-28(17-25(35)38-2)14-13-20-15-19(9-12-24(20)26(28)36)18-7-10-22(11-8-18)33-27(37)34-23-6-4-5-21(16-23)29(30,31)32/h4-12,15-16H,3,13-14,17H2,1-2H3,(H2,33,34,37). The molecule has 0 radical (unpaired) electrons. The summed E-state index contributed by atoms with van der Waals surface area (Å²) in [6.07, 6.45) is -2.66. The number of anilines is 2. The lowest BCUT2D eigenvalue weighted by Gasteiger charge is -2.35. The number of methoxy groups -OCH3 is 1. The van der Waals surface area contributed by atoms with Crippen LogP contribution in [0.5, 0.6) is 0 Å². The molecule has 198 valence electrons. The number of amides is 2. The van der Waals surface area contributed by atoms with E-state index in [1.54, 1.807) is 30.3 Å². The van der Waals surface area contributed by atoms with E-state index in [9.17, 15) is 27.6 Å². The molecule has 1 unspecified atom stereocenters. The van der Waals surface area contributed by atoms with Gasteiger partial charge in [0.2, 0.25) is 0 Å². The van der Waals surface area contributed by atoms with Crippen LogP contribution in [0.25, 0.3) is 11.1 Å². The van der Waals surface area contributed by atoms with Crippen molar-refractivity contribution in [1.82, 2.24) is 0 Å². The van der Waals surface area contributed by atoms with E-state index >= 15 is 0 Å². The summed E-state index contributed by atoms with van der Waals surface area (Å²) in [6, 6.07) is 16.3. The van der Waals surface area contributed by atoms with Crippen LogP contribution in [0.2, 0.25) is 0 Å². The van der Waals surface area contributed by atoms with Crippen molar-refractivity contribution in [2.75, 3.05) is 17.7 Å². The first-order valence-electron chi connectivity index (χ1n) is 12.1. The predicted octanol–water partition coefficient (Wildman–Crippen LogP) is 7.10. The Morgan fingerprint density at radius 1 is 0.947 bits per heavy atom. The molecule has 0 saturated heterocycles. The summed E-state index contributed by atoms with van der Waals surface area (Å²) in [4.78, 5) is 37.5. The lowest BCUT2D eigenvalue weighted by Crippen LogP contribution is -2.37. The summed E-state index contributed by atoms with van der Waals surface area (Å²) >= 11 is 0. The number of ketones is 1. The van der Waals surface area contributed by atoms with Crippen molar-refractivity contribution in [2.45, 2.75) is 38.8 Å². The highest BCUT2D eigenvalue weighted by Crippen LogP contribution is 2.42. The fourth-order valence-corrected chi connectivity index (χ4v) is 4.77. The van der Waals surface area contributed by atoms with Gasteiger partial charge in [0.05, 0.1) is 19.1 Å². The summed E-state index contributed by atoms with van der Waals surface area (Å²) in [5.41, 5.74) is 2.19. The molecule has 1 aliphatic rings. The molecule has 4 rings (SSSR count). The molecular weight excluding hydrogens is 497 g/mol. The smallest absolute Gasteiger partial charge is 0.416 e. The molecule has 0 aromatic heterocycles. The van der Waals surface area contributed by atoms with E-state index in [-0.39, 0.29) is 17.9 Å². The van der Waals surface area contributed by atoms with Gasteiger partial charge in [-0.15, -0.1) is 0 Å². The number of hydrogen-bond acceptors (Lipinski definition) is 4. The number of nitrogens with one attached hydrogen (secondary N) is 2. The number of alkyl halides is 3. The van der Waals surface area contributed by atoms with Crippen molar-refractivity contribution < 1.29 is 32.3 Å². The van der Waals surface area contributed by atoms with Crippen molar-refractivity contribution in [3.8, 4) is 11.1 Å². The third-order valence-electron chi connectivity index (χ3n) is 7.02. The Morgan fingerprint density at radius 3 is 2.29 bits per heavy atom. The molecule has 2 N–H and O–H groups in total. The maximum absolute atomic E-state index is 13.3. The molecule has 3 aromatic rings.